The normalized spacial score (nSPS) is 11.4. The Morgan fingerprint density at radius 2 is 1.67 bits per heavy atom. The Labute approximate surface area is 104 Å². The van der Waals surface area contributed by atoms with Gasteiger partial charge in [-0.05, 0) is 27.8 Å². The number of hydrogen-bond donors (Lipinski definition) is 0. The Hall–Kier alpha value is -0.160. The van der Waals surface area contributed by atoms with E-state index in [0.717, 1.165) is 22.1 Å². The third-order valence-corrected chi connectivity index (χ3v) is 3.25. The molecule has 0 aliphatic carbocycles. The molecule has 1 rings (SSSR count). The second kappa shape index (κ2) is 5.80. The van der Waals surface area contributed by atoms with E-state index in [1.165, 1.54) is 0 Å². The third-order valence-electron chi connectivity index (χ3n) is 1.83. The molecule has 0 aromatic carbocycles. The second-order valence-electron chi connectivity index (χ2n) is 4.53. The zero-order valence-electron chi connectivity index (χ0n) is 9.70. The van der Waals surface area contributed by atoms with Crippen molar-refractivity contribution in [3.8, 4) is 0 Å². The number of halogens is 1. The van der Waals surface area contributed by atoms with Crippen LogP contribution in [-0.4, -0.2) is 23.3 Å². The lowest BCUT2D eigenvalue weighted by molar-refractivity contribution is 0.550. The van der Waals surface area contributed by atoms with Gasteiger partial charge in [-0.3, -0.25) is 0 Å². The number of nitrogens with zero attached hydrogens (tertiary/aromatic N) is 3. The molecule has 5 heteroatoms. The fourth-order valence-electron chi connectivity index (χ4n) is 1.44. The maximum atomic E-state index is 4.17. The molecule has 15 heavy (non-hydrogen) atoms. The van der Waals surface area contributed by atoms with Crippen LogP contribution < -0.4 is 4.90 Å². The van der Waals surface area contributed by atoms with E-state index >= 15 is 0 Å². The summed E-state index contributed by atoms with van der Waals surface area (Å²) >= 11 is 4.95. The molecule has 3 nitrogen and oxygen atoms in total. The van der Waals surface area contributed by atoms with Crippen LogP contribution in [0.4, 0.5) is 5.13 Å². The number of rotatable bonds is 5. The minimum Gasteiger partial charge on any atom is -0.346 e. The van der Waals surface area contributed by atoms with Gasteiger partial charge in [0.25, 0.3) is 0 Å². The van der Waals surface area contributed by atoms with Crippen LogP contribution in [0.15, 0.2) is 3.92 Å². The quantitative estimate of drug-likeness (QED) is 0.832. The van der Waals surface area contributed by atoms with E-state index < -0.39 is 0 Å². The molecule has 0 radical (unpaired) electrons. The van der Waals surface area contributed by atoms with E-state index in [9.17, 15) is 0 Å². The zero-order chi connectivity index (χ0) is 11.4. The first-order valence-electron chi connectivity index (χ1n) is 5.23. The van der Waals surface area contributed by atoms with Crippen molar-refractivity contribution < 1.29 is 0 Å². The summed E-state index contributed by atoms with van der Waals surface area (Å²) < 4.78 is 0.856. The lowest BCUT2D eigenvalue weighted by Gasteiger charge is -2.25. The first-order chi connectivity index (χ1) is 6.99. The van der Waals surface area contributed by atoms with Crippen molar-refractivity contribution in [2.45, 2.75) is 27.7 Å². The molecule has 0 saturated heterocycles. The zero-order valence-corrected chi connectivity index (χ0v) is 12.1. The Morgan fingerprint density at radius 1 is 1.13 bits per heavy atom. The highest BCUT2D eigenvalue weighted by atomic mass is 79.9. The fourth-order valence-corrected chi connectivity index (χ4v) is 2.54. The van der Waals surface area contributed by atoms with E-state index in [-0.39, 0.29) is 0 Å². The molecule has 0 atom stereocenters. The van der Waals surface area contributed by atoms with Crippen LogP contribution in [0.5, 0.6) is 0 Å². The lowest BCUT2D eigenvalue weighted by Crippen LogP contribution is -2.31. The van der Waals surface area contributed by atoms with Gasteiger partial charge in [-0.2, -0.15) is 0 Å². The third kappa shape index (κ3) is 4.47. The maximum absolute atomic E-state index is 4.17. The van der Waals surface area contributed by atoms with Crippen molar-refractivity contribution in [2.75, 3.05) is 18.0 Å². The fraction of sp³-hybridized carbons (Fsp3) is 0.800. The van der Waals surface area contributed by atoms with Gasteiger partial charge in [-0.1, -0.05) is 39.0 Å². The van der Waals surface area contributed by atoms with Gasteiger partial charge < -0.3 is 4.90 Å². The molecular weight excluding hydrogens is 274 g/mol. The molecule has 0 spiro atoms. The summed E-state index contributed by atoms with van der Waals surface area (Å²) in [6.07, 6.45) is 0. The molecule has 0 N–H and O–H groups in total. The largest absolute Gasteiger partial charge is 0.346 e. The molecule has 86 valence electrons. The second-order valence-corrected chi connectivity index (χ2v) is 6.76. The van der Waals surface area contributed by atoms with Crippen molar-refractivity contribution in [3.05, 3.63) is 3.92 Å². The van der Waals surface area contributed by atoms with Crippen molar-refractivity contribution in [1.82, 2.24) is 10.2 Å². The molecule has 1 aromatic heterocycles. The summed E-state index contributed by atoms with van der Waals surface area (Å²) in [7, 11) is 0. The van der Waals surface area contributed by atoms with E-state index in [2.05, 4.69) is 58.7 Å². The molecule has 0 fully saturated rings. The Morgan fingerprint density at radius 3 is 2.00 bits per heavy atom. The van der Waals surface area contributed by atoms with Crippen molar-refractivity contribution in [2.24, 2.45) is 11.8 Å². The molecule has 0 unspecified atom stereocenters. The summed E-state index contributed by atoms with van der Waals surface area (Å²) in [4.78, 5) is 2.32. The summed E-state index contributed by atoms with van der Waals surface area (Å²) in [6.45, 7) is 11.0. The van der Waals surface area contributed by atoms with Crippen molar-refractivity contribution in [3.63, 3.8) is 0 Å². The van der Waals surface area contributed by atoms with Crippen molar-refractivity contribution in [1.29, 1.82) is 0 Å². The summed E-state index contributed by atoms with van der Waals surface area (Å²) in [5.74, 6) is 1.29. The average molecular weight is 292 g/mol. The number of anilines is 1. The molecule has 1 heterocycles. The number of hydrogen-bond acceptors (Lipinski definition) is 4. The predicted molar refractivity (Wildman–Crippen MR) is 69.5 cm³/mol. The van der Waals surface area contributed by atoms with E-state index in [1.54, 1.807) is 11.3 Å². The molecule has 0 amide bonds. The van der Waals surface area contributed by atoms with Crippen LogP contribution >= 0.6 is 27.3 Å². The Kier molecular flexibility index (Phi) is 4.99. The van der Waals surface area contributed by atoms with Crippen LogP contribution in [0.3, 0.4) is 0 Å². The van der Waals surface area contributed by atoms with Gasteiger partial charge in [0, 0.05) is 13.1 Å². The Bertz CT molecular complexity index is 289. The van der Waals surface area contributed by atoms with Gasteiger partial charge in [0.1, 0.15) is 0 Å². The van der Waals surface area contributed by atoms with Gasteiger partial charge in [0.15, 0.2) is 3.92 Å². The summed E-state index contributed by atoms with van der Waals surface area (Å²) in [6, 6.07) is 0. The first-order valence-corrected chi connectivity index (χ1v) is 6.84. The first kappa shape index (κ1) is 12.9. The minimum absolute atomic E-state index is 0.645. The highest BCUT2D eigenvalue weighted by Crippen LogP contribution is 2.25. The molecule has 0 aliphatic rings. The Balaban J connectivity index is 2.71. The molecule has 0 aliphatic heterocycles. The van der Waals surface area contributed by atoms with Crippen LogP contribution in [0.2, 0.25) is 0 Å². The monoisotopic (exact) mass is 291 g/mol. The van der Waals surface area contributed by atoms with E-state index in [4.69, 9.17) is 0 Å². The molecule has 0 saturated carbocycles. The van der Waals surface area contributed by atoms with Crippen LogP contribution in [-0.2, 0) is 0 Å². The minimum atomic E-state index is 0.645. The lowest BCUT2D eigenvalue weighted by atomic mass is 10.1. The SMILES string of the molecule is CC(C)CN(CC(C)C)c1nnc(Br)s1. The van der Waals surface area contributed by atoms with Crippen LogP contribution in [0, 0.1) is 11.8 Å². The summed E-state index contributed by atoms with van der Waals surface area (Å²) in [5.41, 5.74) is 0. The molecule has 1 aromatic rings. The highest BCUT2D eigenvalue weighted by molar-refractivity contribution is 9.11. The molecular formula is C10H18BrN3S. The van der Waals surface area contributed by atoms with Crippen LogP contribution in [0.1, 0.15) is 27.7 Å². The average Bonchev–Trinajstić information content (AvgIpc) is 2.48. The molecule has 0 bridgehead atoms. The highest BCUT2D eigenvalue weighted by Gasteiger charge is 2.14. The smallest absolute Gasteiger partial charge is 0.209 e. The number of aromatic nitrogens is 2. The van der Waals surface area contributed by atoms with Crippen LogP contribution in [0.25, 0.3) is 0 Å². The predicted octanol–water partition coefficient (Wildman–Crippen LogP) is 3.42. The summed E-state index contributed by atoms with van der Waals surface area (Å²) in [5, 5.41) is 9.18. The standard InChI is InChI=1S/C10H18BrN3S/c1-7(2)5-14(6-8(3)4)10-13-12-9(11)15-10/h7-8H,5-6H2,1-4H3. The maximum Gasteiger partial charge on any atom is 0.209 e. The van der Waals surface area contributed by atoms with E-state index in [0.29, 0.717) is 11.8 Å². The van der Waals surface area contributed by atoms with Gasteiger partial charge in [0.2, 0.25) is 5.13 Å². The van der Waals surface area contributed by atoms with E-state index in [1.807, 2.05) is 0 Å². The van der Waals surface area contributed by atoms with Gasteiger partial charge >= 0.3 is 0 Å². The van der Waals surface area contributed by atoms with Gasteiger partial charge in [-0.15, -0.1) is 10.2 Å². The van der Waals surface area contributed by atoms with Crippen molar-refractivity contribution >= 4 is 32.4 Å². The van der Waals surface area contributed by atoms with Gasteiger partial charge in [0.05, 0.1) is 0 Å². The van der Waals surface area contributed by atoms with Gasteiger partial charge in [-0.25, -0.2) is 0 Å². The topological polar surface area (TPSA) is 29.0 Å².